The third-order valence-electron chi connectivity index (χ3n) is 6.35. The van der Waals surface area contributed by atoms with E-state index in [0.29, 0.717) is 27.4 Å². The normalized spacial score (nSPS) is 12.3. The maximum absolute atomic E-state index is 13.8. The molecule has 4 aromatic carbocycles. The van der Waals surface area contributed by atoms with Crippen molar-refractivity contribution < 1.29 is 15.7 Å². The van der Waals surface area contributed by atoms with Gasteiger partial charge in [-0.3, -0.25) is 9.48 Å². The molecule has 0 aliphatic heterocycles. The second-order valence-electron chi connectivity index (χ2n) is 8.90. The number of halogens is 1. The Balaban J connectivity index is 1.53. The van der Waals surface area contributed by atoms with E-state index in [4.69, 9.17) is 11.6 Å². The van der Waals surface area contributed by atoms with Crippen molar-refractivity contribution in [3.05, 3.63) is 125 Å². The number of methoxy groups -OCH3 is 1. The van der Waals surface area contributed by atoms with Gasteiger partial charge in [0.15, 0.2) is 0 Å². The first-order valence-electron chi connectivity index (χ1n) is 12.8. The summed E-state index contributed by atoms with van der Waals surface area (Å²) in [5.41, 5.74) is 4.97. The van der Waals surface area contributed by atoms with Crippen LogP contribution in [0.3, 0.4) is 0 Å². The average molecular weight is 537 g/mol. The summed E-state index contributed by atoms with van der Waals surface area (Å²) in [7, 11) is 3.20. The highest BCUT2D eigenvalue weighted by atomic mass is 35.5. The van der Waals surface area contributed by atoms with Gasteiger partial charge in [0, 0.05) is 34.8 Å². The van der Waals surface area contributed by atoms with Crippen molar-refractivity contribution in [2.24, 2.45) is 7.05 Å². The van der Waals surface area contributed by atoms with Crippen LogP contribution in [-0.4, -0.2) is 28.8 Å². The Morgan fingerprint density at radius 3 is 2.54 bits per heavy atom. The number of hydrogen-bond acceptors (Lipinski definition) is 4. The van der Waals surface area contributed by atoms with Gasteiger partial charge >= 0.3 is 5.97 Å². The van der Waals surface area contributed by atoms with Gasteiger partial charge in [0.25, 0.3) is 5.91 Å². The molecular weight excluding hydrogens is 510 g/mol. The highest BCUT2D eigenvalue weighted by Gasteiger charge is 2.20. The molecule has 194 valence electrons. The first-order chi connectivity index (χ1) is 19.4. The van der Waals surface area contributed by atoms with Crippen molar-refractivity contribution in [3.8, 4) is 11.1 Å². The van der Waals surface area contributed by atoms with Crippen LogP contribution >= 0.6 is 11.6 Å². The number of ether oxygens (including phenoxy) is 1. The fourth-order valence-corrected chi connectivity index (χ4v) is 4.50. The van der Waals surface area contributed by atoms with E-state index in [0.717, 1.165) is 22.0 Å². The molecule has 0 spiro atoms. The molecule has 0 saturated heterocycles. The van der Waals surface area contributed by atoms with E-state index >= 15 is 0 Å². The smallest absolute Gasteiger partial charge is 0.330 e. The third-order valence-corrected chi connectivity index (χ3v) is 6.68. The van der Waals surface area contributed by atoms with Crippen LogP contribution in [0.5, 0.6) is 0 Å². The van der Waals surface area contributed by atoms with Crippen LogP contribution in [0.1, 0.15) is 22.9 Å². The molecular formula is C32H26ClN3O3. The molecule has 0 radical (unpaired) electrons. The predicted molar refractivity (Wildman–Crippen MR) is 156 cm³/mol. The topological polar surface area (TPSA) is 64.4 Å². The summed E-state index contributed by atoms with van der Waals surface area (Å²) < 4.78 is 15.7. The molecule has 5 aromatic rings. The Morgan fingerprint density at radius 2 is 1.77 bits per heavy atom. The zero-order chi connectivity index (χ0) is 28.2. The maximum atomic E-state index is 13.8. The Hall–Kier alpha value is -4.68. The second-order valence-corrected chi connectivity index (χ2v) is 9.31. The van der Waals surface area contributed by atoms with E-state index in [1.165, 1.54) is 18.1 Å². The van der Waals surface area contributed by atoms with Crippen molar-refractivity contribution in [2.75, 3.05) is 12.0 Å². The van der Waals surface area contributed by atoms with Crippen molar-refractivity contribution >= 4 is 46.1 Å². The minimum Gasteiger partial charge on any atom is -0.466 e. The van der Waals surface area contributed by atoms with E-state index in [9.17, 15) is 11.0 Å². The van der Waals surface area contributed by atoms with Crippen molar-refractivity contribution in [1.29, 1.82) is 0 Å². The first-order valence-corrected chi connectivity index (χ1v) is 12.6. The van der Waals surface area contributed by atoms with Crippen LogP contribution in [0.4, 0.5) is 5.69 Å². The molecule has 1 atom stereocenters. The number of esters is 1. The lowest BCUT2D eigenvalue weighted by atomic mass is 10.0. The maximum Gasteiger partial charge on any atom is 0.330 e. The zero-order valence-electron chi connectivity index (χ0n) is 22.4. The molecule has 0 aliphatic carbocycles. The zero-order valence-corrected chi connectivity index (χ0v) is 22.2. The fourth-order valence-electron chi connectivity index (χ4n) is 4.27. The van der Waals surface area contributed by atoms with E-state index < -0.39 is 12.5 Å². The number of benzene rings is 4. The van der Waals surface area contributed by atoms with E-state index in [1.807, 2.05) is 54.3 Å². The highest BCUT2D eigenvalue weighted by molar-refractivity contribution is 6.31. The van der Waals surface area contributed by atoms with E-state index in [2.05, 4.69) is 9.84 Å². The average Bonchev–Trinajstić information content (AvgIpc) is 3.36. The third kappa shape index (κ3) is 5.76. The second kappa shape index (κ2) is 11.4. The number of nitrogens with zero attached hydrogens (tertiary/aromatic N) is 3. The number of aromatic nitrogens is 2. The van der Waals surface area contributed by atoms with Gasteiger partial charge in [0.05, 0.1) is 26.7 Å². The van der Waals surface area contributed by atoms with Crippen molar-refractivity contribution in [3.63, 3.8) is 0 Å². The lowest BCUT2D eigenvalue weighted by Gasteiger charge is -2.24. The molecule has 0 fully saturated rings. The van der Waals surface area contributed by atoms with Crippen LogP contribution in [-0.2, 0) is 23.1 Å². The number of hydrogen-bond donors (Lipinski definition) is 0. The van der Waals surface area contributed by atoms with Gasteiger partial charge in [0.2, 0.25) is 0 Å². The number of carbonyl (C=O) groups excluding carboxylic acids is 2. The summed E-state index contributed by atoms with van der Waals surface area (Å²) in [4.78, 5) is 26.8. The minimum atomic E-state index is -1.14. The van der Waals surface area contributed by atoms with Gasteiger partial charge in [-0.25, -0.2) is 4.79 Å². The molecule has 39 heavy (non-hydrogen) atoms. The Kier molecular flexibility index (Phi) is 7.19. The largest absolute Gasteiger partial charge is 0.466 e. The summed E-state index contributed by atoms with van der Waals surface area (Å²) >= 11 is 6.77. The van der Waals surface area contributed by atoms with E-state index in [-0.39, 0.29) is 5.91 Å². The highest BCUT2D eigenvalue weighted by Crippen LogP contribution is 2.30. The lowest BCUT2D eigenvalue weighted by molar-refractivity contribution is -0.134. The Bertz CT molecular complexity index is 1730. The number of amides is 1. The van der Waals surface area contributed by atoms with Gasteiger partial charge in [-0.05, 0) is 70.8 Å². The number of anilines is 1. The standard InChI is InChI=1S/C32H26ClN3O3/c1-35-30-15-14-24(18-27(30)20-34-35)25-12-13-26(29(33)19-25)21-36(32(38)23-8-4-3-5-9-23)28-10-6-7-22(17-28)11-16-31(37)39-2/h3-20H,21H2,1-2H3/b16-11+/i21D. The molecule has 0 bridgehead atoms. The minimum absolute atomic E-state index is 0.350. The van der Waals surface area contributed by atoms with Gasteiger partial charge in [-0.2, -0.15) is 5.10 Å². The van der Waals surface area contributed by atoms with Crippen molar-refractivity contribution in [1.82, 2.24) is 9.78 Å². The number of aryl methyl sites for hydroxylation is 1. The number of fused-ring (bicyclic) bond motifs is 1. The van der Waals surface area contributed by atoms with Gasteiger partial charge in [-0.15, -0.1) is 0 Å². The van der Waals surface area contributed by atoms with Gasteiger partial charge in [0.1, 0.15) is 0 Å². The summed E-state index contributed by atoms with van der Waals surface area (Å²) in [6, 6.07) is 27.4. The number of rotatable bonds is 7. The molecule has 0 saturated carbocycles. The SMILES string of the molecule is [2H]C(c1ccc(-c2ccc3c(cnn3C)c2)cc1Cl)N(C(=O)c1ccccc1)c1cccc(/C=C/C(=O)OC)c1. The molecule has 5 rings (SSSR count). The Morgan fingerprint density at radius 1 is 1.00 bits per heavy atom. The summed E-state index contributed by atoms with van der Waals surface area (Å²) in [5.74, 6) is -0.840. The molecule has 7 heteroatoms. The van der Waals surface area contributed by atoms with Crippen LogP contribution in [0.2, 0.25) is 5.02 Å². The Labute approximate surface area is 233 Å². The van der Waals surface area contributed by atoms with Crippen LogP contribution in [0.25, 0.3) is 28.1 Å². The summed E-state index contributed by atoms with van der Waals surface area (Å²) in [6.07, 6.45) is 4.72. The monoisotopic (exact) mass is 536 g/mol. The summed E-state index contributed by atoms with van der Waals surface area (Å²) in [5, 5.41) is 5.69. The quantitative estimate of drug-likeness (QED) is 0.167. The first kappa shape index (κ1) is 24.6. The van der Waals surface area contributed by atoms with Crippen LogP contribution < -0.4 is 4.90 Å². The van der Waals surface area contributed by atoms with Crippen LogP contribution in [0, 0.1) is 0 Å². The van der Waals surface area contributed by atoms with E-state index in [1.54, 1.807) is 60.7 Å². The molecule has 1 unspecified atom stereocenters. The molecule has 0 aliphatic rings. The fraction of sp³-hybridized carbons (Fsp3) is 0.0938. The lowest BCUT2D eigenvalue weighted by Crippen LogP contribution is -2.30. The predicted octanol–water partition coefficient (Wildman–Crippen LogP) is 6.93. The summed E-state index contributed by atoms with van der Waals surface area (Å²) in [6.45, 7) is -1.14. The molecule has 1 aromatic heterocycles. The molecule has 1 amide bonds. The number of carbonyl (C=O) groups is 2. The van der Waals surface area contributed by atoms with Crippen LogP contribution in [0.15, 0.2) is 103 Å². The van der Waals surface area contributed by atoms with Crippen molar-refractivity contribution in [2.45, 2.75) is 6.52 Å². The molecule has 1 heterocycles. The van der Waals surface area contributed by atoms with Gasteiger partial charge < -0.3 is 9.64 Å². The molecule has 6 nitrogen and oxygen atoms in total. The van der Waals surface area contributed by atoms with Gasteiger partial charge in [-0.1, -0.05) is 60.1 Å². The molecule has 0 N–H and O–H groups in total.